The van der Waals surface area contributed by atoms with E-state index >= 15 is 0 Å². The van der Waals surface area contributed by atoms with Gasteiger partial charge in [-0.25, -0.2) is 0 Å². The summed E-state index contributed by atoms with van der Waals surface area (Å²) in [6, 6.07) is 5.11. The van der Waals surface area contributed by atoms with E-state index in [2.05, 4.69) is 20.2 Å². The minimum Gasteiger partial charge on any atom is -0.337 e. The van der Waals surface area contributed by atoms with Crippen LogP contribution in [0, 0.1) is 0 Å². The van der Waals surface area contributed by atoms with Crippen molar-refractivity contribution in [2.45, 2.75) is 25.9 Å². The first-order chi connectivity index (χ1) is 11.7. The topological polar surface area (TPSA) is 89.9 Å². The predicted octanol–water partition coefficient (Wildman–Crippen LogP) is 1.94. The third-order valence-electron chi connectivity index (χ3n) is 3.65. The molecule has 0 aromatic carbocycles. The van der Waals surface area contributed by atoms with Crippen molar-refractivity contribution in [3.8, 4) is 11.4 Å². The van der Waals surface area contributed by atoms with Crippen LogP contribution in [0.1, 0.15) is 25.3 Å². The zero-order valence-corrected chi connectivity index (χ0v) is 13.5. The summed E-state index contributed by atoms with van der Waals surface area (Å²) in [7, 11) is 1.71. The maximum atomic E-state index is 12.6. The maximum absolute atomic E-state index is 12.6. The molecule has 0 bridgehead atoms. The van der Waals surface area contributed by atoms with Gasteiger partial charge in [0.2, 0.25) is 17.6 Å². The Morgan fingerprint density at radius 2 is 2.25 bits per heavy atom. The smallest absolute Gasteiger partial charge is 0.247 e. The normalized spacial score (nSPS) is 12.1. The molecule has 1 atom stereocenters. The predicted molar refractivity (Wildman–Crippen MR) is 85.6 cm³/mol. The van der Waals surface area contributed by atoms with Gasteiger partial charge in [0, 0.05) is 37.4 Å². The van der Waals surface area contributed by atoms with E-state index in [4.69, 9.17) is 4.52 Å². The molecule has 0 saturated heterocycles. The molecule has 0 aliphatic rings. The van der Waals surface area contributed by atoms with Crippen molar-refractivity contribution in [1.82, 2.24) is 29.8 Å². The minimum atomic E-state index is -0.342. The van der Waals surface area contributed by atoms with E-state index in [1.807, 2.05) is 13.0 Å². The van der Waals surface area contributed by atoms with E-state index in [-0.39, 0.29) is 18.5 Å². The van der Waals surface area contributed by atoms with Crippen LogP contribution in [-0.2, 0) is 11.3 Å². The Balaban J connectivity index is 1.69. The average Bonchev–Trinajstić information content (AvgIpc) is 3.28. The summed E-state index contributed by atoms with van der Waals surface area (Å²) in [6.07, 6.45) is 7.43. The molecule has 0 aliphatic heterocycles. The summed E-state index contributed by atoms with van der Waals surface area (Å²) in [5.74, 6) is 0.778. The quantitative estimate of drug-likeness (QED) is 0.687. The molecule has 8 heteroatoms. The third kappa shape index (κ3) is 3.32. The van der Waals surface area contributed by atoms with E-state index in [0.29, 0.717) is 18.1 Å². The van der Waals surface area contributed by atoms with E-state index in [1.165, 1.54) is 0 Å². The Labute approximate surface area is 139 Å². The first-order valence-corrected chi connectivity index (χ1v) is 7.66. The lowest BCUT2D eigenvalue weighted by molar-refractivity contribution is -0.134. The van der Waals surface area contributed by atoms with Crippen LogP contribution in [0.2, 0.25) is 0 Å². The molecule has 8 nitrogen and oxygen atoms in total. The lowest BCUT2D eigenvalue weighted by Gasteiger charge is -2.21. The minimum absolute atomic E-state index is 0.0534. The molecular formula is C16H18N6O2. The standard InChI is InChI=1S/C16H18N6O2/c1-3-13(22-9-5-8-18-22)16(23)21(2)11-14-19-15(20-24-14)12-6-4-7-17-10-12/h4-10,13H,3,11H2,1-2H3/t13-/m1/s1. The Morgan fingerprint density at radius 1 is 1.38 bits per heavy atom. The Bertz CT molecular complexity index is 784. The van der Waals surface area contributed by atoms with Gasteiger partial charge in [-0.05, 0) is 24.6 Å². The van der Waals surface area contributed by atoms with Crippen molar-refractivity contribution in [1.29, 1.82) is 0 Å². The number of amides is 1. The lowest BCUT2D eigenvalue weighted by atomic mass is 10.2. The summed E-state index contributed by atoms with van der Waals surface area (Å²) < 4.78 is 6.90. The molecule has 0 saturated carbocycles. The molecule has 0 radical (unpaired) electrons. The zero-order chi connectivity index (χ0) is 16.9. The molecule has 124 valence electrons. The summed E-state index contributed by atoms with van der Waals surface area (Å²) >= 11 is 0. The molecule has 0 fully saturated rings. The van der Waals surface area contributed by atoms with Crippen LogP contribution in [0.4, 0.5) is 0 Å². The van der Waals surface area contributed by atoms with Crippen molar-refractivity contribution >= 4 is 5.91 Å². The molecule has 3 aromatic rings. The van der Waals surface area contributed by atoms with Crippen molar-refractivity contribution in [2.24, 2.45) is 0 Å². The number of hydrogen-bond acceptors (Lipinski definition) is 6. The molecule has 1 amide bonds. The highest BCUT2D eigenvalue weighted by molar-refractivity contribution is 5.79. The molecule has 3 rings (SSSR count). The lowest BCUT2D eigenvalue weighted by Crippen LogP contribution is -2.34. The number of aromatic nitrogens is 5. The third-order valence-corrected chi connectivity index (χ3v) is 3.65. The van der Waals surface area contributed by atoms with Crippen LogP contribution in [0.5, 0.6) is 0 Å². The fraction of sp³-hybridized carbons (Fsp3) is 0.312. The van der Waals surface area contributed by atoms with Crippen molar-refractivity contribution in [3.05, 3.63) is 48.9 Å². The highest BCUT2D eigenvalue weighted by Gasteiger charge is 2.24. The van der Waals surface area contributed by atoms with Crippen molar-refractivity contribution < 1.29 is 9.32 Å². The van der Waals surface area contributed by atoms with Gasteiger partial charge in [0.25, 0.3) is 0 Å². The van der Waals surface area contributed by atoms with Crippen molar-refractivity contribution in [2.75, 3.05) is 7.05 Å². The molecule has 0 aliphatic carbocycles. The Hall–Kier alpha value is -3.03. The van der Waals surface area contributed by atoms with Crippen LogP contribution < -0.4 is 0 Å². The molecule has 3 aromatic heterocycles. The van der Waals surface area contributed by atoms with Gasteiger partial charge in [-0.15, -0.1) is 0 Å². The van der Waals surface area contributed by atoms with Crippen LogP contribution in [0.25, 0.3) is 11.4 Å². The van der Waals surface area contributed by atoms with Crippen LogP contribution >= 0.6 is 0 Å². The number of carbonyl (C=O) groups is 1. The van der Waals surface area contributed by atoms with E-state index < -0.39 is 0 Å². The largest absolute Gasteiger partial charge is 0.337 e. The van der Waals surface area contributed by atoms with Gasteiger partial charge in [-0.1, -0.05) is 12.1 Å². The monoisotopic (exact) mass is 326 g/mol. The van der Waals surface area contributed by atoms with Gasteiger partial charge in [0.15, 0.2) is 0 Å². The number of carbonyl (C=O) groups excluding carboxylic acids is 1. The SMILES string of the molecule is CC[C@H](C(=O)N(C)Cc1nc(-c2cccnc2)no1)n1cccn1. The Kier molecular flexibility index (Phi) is 4.64. The highest BCUT2D eigenvalue weighted by atomic mass is 16.5. The van der Waals surface area contributed by atoms with E-state index in [0.717, 1.165) is 5.56 Å². The van der Waals surface area contributed by atoms with Crippen molar-refractivity contribution in [3.63, 3.8) is 0 Å². The first kappa shape index (κ1) is 15.9. The zero-order valence-electron chi connectivity index (χ0n) is 13.5. The average molecular weight is 326 g/mol. The first-order valence-electron chi connectivity index (χ1n) is 7.66. The van der Waals surface area contributed by atoms with Crippen LogP contribution in [-0.4, -0.2) is 42.8 Å². The van der Waals surface area contributed by atoms with E-state index in [9.17, 15) is 4.79 Å². The number of nitrogens with zero attached hydrogens (tertiary/aromatic N) is 6. The van der Waals surface area contributed by atoms with Gasteiger partial charge in [0.1, 0.15) is 6.04 Å². The molecule has 0 N–H and O–H groups in total. The van der Waals surface area contributed by atoms with Gasteiger partial charge in [-0.3, -0.25) is 14.5 Å². The van der Waals surface area contributed by atoms with Gasteiger partial charge >= 0.3 is 0 Å². The number of hydrogen-bond donors (Lipinski definition) is 0. The summed E-state index contributed by atoms with van der Waals surface area (Å²) in [5.41, 5.74) is 0.768. The Morgan fingerprint density at radius 3 is 2.92 bits per heavy atom. The number of pyridine rings is 1. The molecule has 0 spiro atoms. The maximum Gasteiger partial charge on any atom is 0.247 e. The second kappa shape index (κ2) is 7.03. The van der Waals surface area contributed by atoms with Gasteiger partial charge in [-0.2, -0.15) is 10.1 Å². The van der Waals surface area contributed by atoms with Crippen LogP contribution in [0.3, 0.4) is 0 Å². The second-order valence-corrected chi connectivity index (χ2v) is 5.36. The number of rotatable bonds is 6. The summed E-state index contributed by atoms with van der Waals surface area (Å²) in [6.45, 7) is 2.19. The molecule has 3 heterocycles. The second-order valence-electron chi connectivity index (χ2n) is 5.36. The highest BCUT2D eigenvalue weighted by Crippen LogP contribution is 2.17. The summed E-state index contributed by atoms with van der Waals surface area (Å²) in [4.78, 5) is 22.5. The molecule has 24 heavy (non-hydrogen) atoms. The van der Waals surface area contributed by atoms with Gasteiger partial charge in [0.05, 0.1) is 6.54 Å². The fourth-order valence-corrected chi connectivity index (χ4v) is 2.41. The molecular weight excluding hydrogens is 308 g/mol. The fourth-order valence-electron chi connectivity index (χ4n) is 2.41. The van der Waals surface area contributed by atoms with E-state index in [1.54, 1.807) is 53.5 Å². The number of likely N-dealkylation sites (N-methyl/N-ethyl adjacent to an activating group) is 1. The van der Waals surface area contributed by atoms with Gasteiger partial charge < -0.3 is 9.42 Å². The molecule has 0 unspecified atom stereocenters. The van der Waals surface area contributed by atoms with Crippen LogP contribution in [0.15, 0.2) is 47.5 Å². The summed E-state index contributed by atoms with van der Waals surface area (Å²) in [5, 5.41) is 8.08.